The van der Waals surface area contributed by atoms with Crippen LogP contribution in [0, 0.1) is 5.82 Å². The maximum absolute atomic E-state index is 13.2. The van der Waals surface area contributed by atoms with E-state index in [9.17, 15) is 4.39 Å². The Balaban J connectivity index is 1.87. The fourth-order valence-electron chi connectivity index (χ4n) is 2.66. The number of rotatable bonds is 3. The van der Waals surface area contributed by atoms with Crippen LogP contribution in [-0.2, 0) is 0 Å². The molecule has 0 fully saturated rings. The van der Waals surface area contributed by atoms with Crippen LogP contribution >= 0.6 is 0 Å². The normalized spacial score (nSPS) is 11.4. The molecule has 1 heterocycles. The third-order valence-electron chi connectivity index (χ3n) is 3.83. The molecule has 1 N–H and O–H groups in total. The monoisotopic (exact) mass is 315 g/mol. The molecule has 24 heavy (non-hydrogen) atoms. The van der Waals surface area contributed by atoms with Gasteiger partial charge in [0.25, 0.3) is 0 Å². The van der Waals surface area contributed by atoms with Gasteiger partial charge >= 0.3 is 0 Å². The van der Waals surface area contributed by atoms with E-state index < -0.39 is 0 Å². The van der Waals surface area contributed by atoms with Gasteiger partial charge in [0.05, 0.1) is 11.4 Å². The van der Waals surface area contributed by atoms with Crippen LogP contribution in [0.2, 0.25) is 0 Å². The quantitative estimate of drug-likeness (QED) is 0.426. The summed E-state index contributed by atoms with van der Waals surface area (Å²) < 4.78 is 13.2. The molecule has 0 unspecified atom stereocenters. The fourth-order valence-corrected chi connectivity index (χ4v) is 2.66. The Morgan fingerprint density at radius 1 is 0.708 bits per heavy atom. The van der Waals surface area contributed by atoms with Gasteiger partial charge in [-0.05, 0) is 42.5 Å². The van der Waals surface area contributed by atoms with Crippen LogP contribution in [0.25, 0.3) is 22.2 Å². The number of azo groups is 1. The summed E-state index contributed by atoms with van der Waals surface area (Å²) in [6.07, 6.45) is 0. The van der Waals surface area contributed by atoms with Crippen molar-refractivity contribution in [2.75, 3.05) is 0 Å². The number of aromatic nitrogens is 1. The lowest BCUT2D eigenvalue weighted by Gasteiger charge is -2.00. The van der Waals surface area contributed by atoms with E-state index in [4.69, 9.17) is 0 Å². The number of H-pyrrole nitrogens is 1. The minimum atomic E-state index is -0.262. The zero-order valence-electron chi connectivity index (χ0n) is 12.8. The minimum Gasteiger partial charge on any atom is -0.353 e. The van der Waals surface area contributed by atoms with Crippen molar-refractivity contribution in [3.8, 4) is 11.3 Å². The molecule has 0 amide bonds. The maximum atomic E-state index is 13.2. The number of para-hydroxylation sites is 1. The van der Waals surface area contributed by atoms with E-state index in [2.05, 4.69) is 15.2 Å². The average molecular weight is 315 g/mol. The Hall–Kier alpha value is -3.27. The third-order valence-corrected chi connectivity index (χ3v) is 3.83. The largest absolute Gasteiger partial charge is 0.353 e. The number of aromatic amines is 1. The number of nitrogens with one attached hydrogen (secondary N) is 1. The molecule has 4 heteroatoms. The second kappa shape index (κ2) is 6.08. The smallest absolute Gasteiger partial charge is 0.123 e. The van der Waals surface area contributed by atoms with Crippen molar-refractivity contribution in [3.63, 3.8) is 0 Å². The zero-order chi connectivity index (χ0) is 16.4. The van der Waals surface area contributed by atoms with E-state index in [-0.39, 0.29) is 5.82 Å². The van der Waals surface area contributed by atoms with Crippen LogP contribution in [0.15, 0.2) is 89.1 Å². The first-order valence-electron chi connectivity index (χ1n) is 7.65. The van der Waals surface area contributed by atoms with E-state index in [0.29, 0.717) is 0 Å². The average Bonchev–Trinajstić information content (AvgIpc) is 3.00. The van der Waals surface area contributed by atoms with Gasteiger partial charge in [0, 0.05) is 16.5 Å². The van der Waals surface area contributed by atoms with E-state index in [1.165, 1.54) is 12.1 Å². The van der Waals surface area contributed by atoms with Gasteiger partial charge in [0.2, 0.25) is 0 Å². The molecule has 0 aliphatic rings. The van der Waals surface area contributed by atoms with Crippen LogP contribution in [0.1, 0.15) is 0 Å². The number of halogens is 1. The van der Waals surface area contributed by atoms with E-state index in [1.807, 2.05) is 54.6 Å². The van der Waals surface area contributed by atoms with Crippen molar-refractivity contribution in [2.24, 2.45) is 10.2 Å². The molecule has 4 rings (SSSR count). The van der Waals surface area contributed by atoms with E-state index in [0.717, 1.165) is 33.5 Å². The Labute approximate surface area is 138 Å². The van der Waals surface area contributed by atoms with Crippen LogP contribution in [0.5, 0.6) is 0 Å². The van der Waals surface area contributed by atoms with Gasteiger partial charge < -0.3 is 4.98 Å². The summed E-state index contributed by atoms with van der Waals surface area (Å²) in [5, 5.41) is 9.78. The molecule has 1 aromatic heterocycles. The van der Waals surface area contributed by atoms with Crippen molar-refractivity contribution in [1.29, 1.82) is 0 Å². The van der Waals surface area contributed by atoms with Crippen molar-refractivity contribution in [2.45, 2.75) is 0 Å². The number of benzene rings is 3. The molecular weight excluding hydrogens is 301 g/mol. The van der Waals surface area contributed by atoms with Crippen molar-refractivity contribution >= 4 is 22.3 Å². The first-order valence-corrected chi connectivity index (χ1v) is 7.65. The van der Waals surface area contributed by atoms with Gasteiger partial charge in [-0.1, -0.05) is 36.4 Å². The van der Waals surface area contributed by atoms with Crippen LogP contribution in [0.4, 0.5) is 15.8 Å². The Morgan fingerprint density at radius 2 is 1.42 bits per heavy atom. The molecule has 3 nitrogen and oxygen atoms in total. The summed E-state index contributed by atoms with van der Waals surface area (Å²) in [6, 6.07) is 23.9. The topological polar surface area (TPSA) is 40.5 Å². The summed E-state index contributed by atoms with van der Waals surface area (Å²) in [4.78, 5) is 3.36. The SMILES string of the molecule is Fc1ccc(-c2[nH]c3ccccc3c2N=Nc2ccccc2)cc1. The first-order chi connectivity index (χ1) is 11.8. The summed E-state index contributed by atoms with van der Waals surface area (Å²) in [6.45, 7) is 0. The molecule has 0 radical (unpaired) electrons. The molecule has 0 atom stereocenters. The molecule has 0 aliphatic heterocycles. The summed E-state index contributed by atoms with van der Waals surface area (Å²) in [5.74, 6) is -0.262. The number of fused-ring (bicyclic) bond motifs is 1. The highest BCUT2D eigenvalue weighted by molar-refractivity contribution is 5.99. The number of hydrogen-bond acceptors (Lipinski definition) is 2. The van der Waals surface area contributed by atoms with Gasteiger partial charge in [-0.25, -0.2) is 4.39 Å². The Morgan fingerprint density at radius 3 is 2.21 bits per heavy atom. The minimum absolute atomic E-state index is 0.262. The maximum Gasteiger partial charge on any atom is 0.123 e. The van der Waals surface area contributed by atoms with Gasteiger partial charge in [-0.2, -0.15) is 5.11 Å². The van der Waals surface area contributed by atoms with Crippen molar-refractivity contribution in [3.05, 3.63) is 84.7 Å². The highest BCUT2D eigenvalue weighted by Crippen LogP contribution is 2.38. The molecule has 0 bridgehead atoms. The lowest BCUT2D eigenvalue weighted by Crippen LogP contribution is -1.79. The predicted molar refractivity (Wildman–Crippen MR) is 94.3 cm³/mol. The molecule has 3 aromatic carbocycles. The standard InChI is InChI=1S/C20H14FN3/c21-15-12-10-14(11-13-15)19-20(17-8-4-5-9-18(17)22-19)24-23-16-6-2-1-3-7-16/h1-13,22H. The van der Waals surface area contributed by atoms with Crippen molar-refractivity contribution < 1.29 is 4.39 Å². The van der Waals surface area contributed by atoms with Gasteiger partial charge in [0.15, 0.2) is 0 Å². The highest BCUT2D eigenvalue weighted by Gasteiger charge is 2.12. The summed E-state index contributed by atoms with van der Waals surface area (Å²) in [7, 11) is 0. The van der Waals surface area contributed by atoms with Gasteiger partial charge in [-0.3, -0.25) is 0 Å². The van der Waals surface area contributed by atoms with E-state index in [1.54, 1.807) is 12.1 Å². The third kappa shape index (κ3) is 2.70. The molecule has 0 saturated carbocycles. The fraction of sp³-hybridized carbons (Fsp3) is 0. The highest BCUT2D eigenvalue weighted by atomic mass is 19.1. The van der Waals surface area contributed by atoms with E-state index >= 15 is 0 Å². The molecule has 0 saturated heterocycles. The zero-order valence-corrected chi connectivity index (χ0v) is 12.8. The van der Waals surface area contributed by atoms with Crippen LogP contribution in [0.3, 0.4) is 0 Å². The van der Waals surface area contributed by atoms with Gasteiger partial charge in [0.1, 0.15) is 11.5 Å². The summed E-state index contributed by atoms with van der Waals surface area (Å²) >= 11 is 0. The van der Waals surface area contributed by atoms with Crippen molar-refractivity contribution in [1.82, 2.24) is 4.98 Å². The summed E-state index contributed by atoms with van der Waals surface area (Å²) in [5.41, 5.74) is 4.21. The van der Waals surface area contributed by atoms with Crippen LogP contribution < -0.4 is 0 Å². The molecule has 116 valence electrons. The molecule has 0 aliphatic carbocycles. The lowest BCUT2D eigenvalue weighted by molar-refractivity contribution is 0.628. The number of nitrogens with zero attached hydrogens (tertiary/aromatic N) is 2. The molecule has 4 aromatic rings. The first kappa shape index (κ1) is 14.3. The molecular formula is C20H14FN3. The Kier molecular flexibility index (Phi) is 3.63. The molecule has 0 spiro atoms. The predicted octanol–water partition coefficient (Wildman–Crippen LogP) is 6.39. The van der Waals surface area contributed by atoms with Gasteiger partial charge in [-0.15, -0.1) is 5.11 Å². The second-order valence-electron chi connectivity index (χ2n) is 5.44. The Bertz CT molecular complexity index is 1000. The number of hydrogen-bond donors (Lipinski definition) is 1. The second-order valence-corrected chi connectivity index (χ2v) is 5.44. The van der Waals surface area contributed by atoms with Crippen LogP contribution in [-0.4, -0.2) is 4.98 Å². The lowest BCUT2D eigenvalue weighted by atomic mass is 10.1.